The van der Waals surface area contributed by atoms with Crippen molar-refractivity contribution in [3.05, 3.63) is 59.7 Å². The van der Waals surface area contributed by atoms with Crippen LogP contribution in [0.4, 0.5) is 4.39 Å². The van der Waals surface area contributed by atoms with E-state index in [0.29, 0.717) is 16.8 Å². The van der Waals surface area contributed by atoms with E-state index >= 15 is 0 Å². The third-order valence-corrected chi connectivity index (χ3v) is 4.34. The Labute approximate surface area is 137 Å². The Bertz CT molecular complexity index is 835. The molecule has 5 nitrogen and oxygen atoms in total. The molecule has 1 unspecified atom stereocenters. The van der Waals surface area contributed by atoms with Crippen molar-refractivity contribution < 1.29 is 18.7 Å². The number of aliphatic hydroxyl groups is 1. The minimum absolute atomic E-state index is 0.141. The van der Waals surface area contributed by atoms with Crippen LogP contribution in [0.1, 0.15) is 35.0 Å². The lowest BCUT2D eigenvalue weighted by Crippen LogP contribution is -2.36. The molecule has 3 aromatic rings. The summed E-state index contributed by atoms with van der Waals surface area (Å²) in [6.45, 7) is 0.176. The number of amides is 1. The number of aromatic nitrogens is 1. The van der Waals surface area contributed by atoms with Crippen molar-refractivity contribution >= 4 is 17.0 Å². The van der Waals surface area contributed by atoms with Gasteiger partial charge in [-0.15, -0.1) is 0 Å². The van der Waals surface area contributed by atoms with Crippen LogP contribution in [0.2, 0.25) is 0 Å². The smallest absolute Gasteiger partial charge is 0.270 e. The van der Waals surface area contributed by atoms with E-state index in [1.54, 1.807) is 23.3 Å². The fourth-order valence-electron chi connectivity index (χ4n) is 2.88. The van der Waals surface area contributed by atoms with Gasteiger partial charge in [-0.05, 0) is 30.5 Å². The number of benzene rings is 1. The van der Waals surface area contributed by atoms with Gasteiger partial charge in [-0.2, -0.15) is 0 Å². The molecule has 0 bridgehead atoms. The van der Waals surface area contributed by atoms with Crippen molar-refractivity contribution in [2.75, 3.05) is 6.54 Å². The predicted molar refractivity (Wildman–Crippen MR) is 86.0 cm³/mol. The topological polar surface area (TPSA) is 69.5 Å². The molecule has 24 heavy (non-hydrogen) atoms. The fourth-order valence-corrected chi connectivity index (χ4v) is 2.88. The van der Waals surface area contributed by atoms with Crippen molar-refractivity contribution in [1.82, 2.24) is 9.88 Å². The largest absolute Gasteiger partial charge is 0.463 e. The average molecular weight is 328 g/mol. The maximum absolute atomic E-state index is 13.0. The van der Waals surface area contributed by atoms with Crippen LogP contribution < -0.4 is 0 Å². The first-order valence-electron chi connectivity index (χ1n) is 7.92. The van der Waals surface area contributed by atoms with Crippen molar-refractivity contribution in [1.29, 1.82) is 0 Å². The molecule has 2 aromatic heterocycles. The molecular weight excluding hydrogens is 311 g/mol. The number of nitrogens with one attached hydrogen (secondary N) is 1. The molecule has 1 fully saturated rings. The van der Waals surface area contributed by atoms with Crippen LogP contribution in [0, 0.1) is 5.82 Å². The molecule has 1 aromatic carbocycles. The zero-order chi connectivity index (χ0) is 16.7. The summed E-state index contributed by atoms with van der Waals surface area (Å²) >= 11 is 0. The maximum atomic E-state index is 13.0. The monoisotopic (exact) mass is 328 g/mol. The minimum atomic E-state index is -0.854. The molecule has 0 spiro atoms. The van der Waals surface area contributed by atoms with E-state index < -0.39 is 6.10 Å². The Morgan fingerprint density at radius 1 is 1.33 bits per heavy atom. The minimum Gasteiger partial charge on any atom is -0.463 e. The first-order valence-corrected chi connectivity index (χ1v) is 7.92. The normalized spacial score (nSPS) is 15.6. The molecule has 1 aliphatic rings. The molecular formula is C18H17FN2O3. The van der Waals surface area contributed by atoms with E-state index in [-0.39, 0.29) is 24.3 Å². The molecule has 2 heterocycles. The second kappa shape index (κ2) is 5.79. The number of rotatable bonds is 5. The van der Waals surface area contributed by atoms with E-state index in [2.05, 4.69) is 4.98 Å². The molecule has 1 atom stereocenters. The van der Waals surface area contributed by atoms with Crippen LogP contribution in [0.5, 0.6) is 0 Å². The Hall–Kier alpha value is -2.60. The quantitative estimate of drug-likeness (QED) is 0.755. The lowest BCUT2D eigenvalue weighted by molar-refractivity contribution is 0.0598. The number of furan rings is 1. The number of fused-ring (bicyclic) bond motifs is 1. The molecule has 2 N–H and O–H groups in total. The summed E-state index contributed by atoms with van der Waals surface area (Å²) in [7, 11) is 0. The summed E-state index contributed by atoms with van der Waals surface area (Å²) in [6.07, 6.45) is 2.57. The highest BCUT2D eigenvalue weighted by Gasteiger charge is 2.35. The van der Waals surface area contributed by atoms with Gasteiger partial charge in [-0.25, -0.2) is 4.39 Å². The lowest BCUT2D eigenvalue weighted by Gasteiger charge is -2.25. The van der Waals surface area contributed by atoms with E-state index in [1.165, 1.54) is 24.3 Å². The Morgan fingerprint density at radius 2 is 2.08 bits per heavy atom. The molecule has 4 rings (SSSR count). The van der Waals surface area contributed by atoms with Crippen LogP contribution in [0.3, 0.4) is 0 Å². The van der Waals surface area contributed by atoms with Crippen molar-refractivity contribution in [3.8, 4) is 0 Å². The van der Waals surface area contributed by atoms with Crippen LogP contribution in [0.15, 0.2) is 47.1 Å². The first-order chi connectivity index (χ1) is 11.6. The van der Waals surface area contributed by atoms with E-state index in [1.807, 2.05) is 0 Å². The zero-order valence-electron chi connectivity index (χ0n) is 12.9. The van der Waals surface area contributed by atoms with Gasteiger partial charge >= 0.3 is 0 Å². The highest BCUT2D eigenvalue weighted by Crippen LogP contribution is 2.31. The zero-order valence-corrected chi connectivity index (χ0v) is 12.9. The maximum Gasteiger partial charge on any atom is 0.270 e. The molecule has 0 saturated heterocycles. The van der Waals surface area contributed by atoms with E-state index in [0.717, 1.165) is 18.4 Å². The SMILES string of the molecule is O=C(c1cc2occc2[nH]1)N(CC(O)c1ccc(F)cc1)C1CC1. The Kier molecular flexibility index (Phi) is 3.61. The number of carbonyl (C=O) groups is 1. The Balaban J connectivity index is 1.54. The number of aromatic amines is 1. The highest BCUT2D eigenvalue weighted by molar-refractivity contribution is 5.97. The van der Waals surface area contributed by atoms with Gasteiger partial charge < -0.3 is 19.4 Å². The number of aliphatic hydroxyl groups excluding tert-OH is 1. The summed E-state index contributed by atoms with van der Waals surface area (Å²) in [5, 5.41) is 10.4. The summed E-state index contributed by atoms with van der Waals surface area (Å²) < 4.78 is 18.3. The summed E-state index contributed by atoms with van der Waals surface area (Å²) in [5.74, 6) is -0.514. The van der Waals surface area contributed by atoms with Crippen molar-refractivity contribution in [3.63, 3.8) is 0 Å². The second-order valence-electron chi connectivity index (χ2n) is 6.14. The van der Waals surface area contributed by atoms with E-state index in [9.17, 15) is 14.3 Å². The number of carbonyl (C=O) groups excluding carboxylic acids is 1. The van der Waals surface area contributed by atoms with Crippen LogP contribution in [-0.4, -0.2) is 33.5 Å². The van der Waals surface area contributed by atoms with Gasteiger partial charge in [0, 0.05) is 18.2 Å². The Morgan fingerprint density at radius 3 is 2.75 bits per heavy atom. The number of halogens is 1. The molecule has 0 radical (unpaired) electrons. The number of hydrogen-bond donors (Lipinski definition) is 2. The third-order valence-electron chi connectivity index (χ3n) is 4.34. The van der Waals surface area contributed by atoms with Gasteiger partial charge in [0.05, 0.1) is 24.4 Å². The predicted octanol–water partition coefficient (Wildman–Crippen LogP) is 3.24. The molecule has 1 saturated carbocycles. The molecule has 0 aliphatic heterocycles. The fraction of sp³-hybridized carbons (Fsp3) is 0.278. The molecule has 1 amide bonds. The van der Waals surface area contributed by atoms with Gasteiger partial charge in [-0.3, -0.25) is 4.79 Å². The van der Waals surface area contributed by atoms with Crippen LogP contribution >= 0.6 is 0 Å². The number of hydrogen-bond acceptors (Lipinski definition) is 3. The summed E-state index contributed by atoms with van der Waals surface area (Å²) in [4.78, 5) is 17.5. The standard InChI is InChI=1S/C18H17FN2O3/c19-12-3-1-11(2-4-12)16(22)10-21(13-5-6-13)18(23)15-9-17-14(20-15)7-8-24-17/h1-4,7-9,13,16,20,22H,5-6,10H2. The van der Waals surface area contributed by atoms with Gasteiger partial charge in [0.1, 0.15) is 11.5 Å². The van der Waals surface area contributed by atoms with Gasteiger partial charge in [0.25, 0.3) is 5.91 Å². The van der Waals surface area contributed by atoms with E-state index in [4.69, 9.17) is 4.42 Å². The van der Waals surface area contributed by atoms with Gasteiger partial charge in [0.15, 0.2) is 5.58 Å². The highest BCUT2D eigenvalue weighted by atomic mass is 19.1. The number of H-pyrrole nitrogens is 1. The van der Waals surface area contributed by atoms with Crippen LogP contribution in [-0.2, 0) is 0 Å². The van der Waals surface area contributed by atoms with Crippen molar-refractivity contribution in [2.45, 2.75) is 25.0 Å². The average Bonchev–Trinajstić information content (AvgIpc) is 3.18. The molecule has 124 valence electrons. The second-order valence-corrected chi connectivity index (χ2v) is 6.14. The third kappa shape index (κ3) is 2.80. The van der Waals surface area contributed by atoms with Crippen LogP contribution in [0.25, 0.3) is 11.1 Å². The first kappa shape index (κ1) is 15.0. The van der Waals surface area contributed by atoms with Gasteiger partial charge in [0.2, 0.25) is 0 Å². The lowest BCUT2D eigenvalue weighted by atomic mass is 10.1. The van der Waals surface area contributed by atoms with Crippen molar-refractivity contribution in [2.24, 2.45) is 0 Å². The van der Waals surface area contributed by atoms with Gasteiger partial charge in [-0.1, -0.05) is 12.1 Å². The molecule has 1 aliphatic carbocycles. The molecule has 6 heteroatoms. The summed E-state index contributed by atoms with van der Waals surface area (Å²) in [5.41, 5.74) is 2.44. The number of nitrogens with zero attached hydrogens (tertiary/aromatic N) is 1. The summed E-state index contributed by atoms with van der Waals surface area (Å²) in [6, 6.07) is 9.27.